The van der Waals surface area contributed by atoms with Gasteiger partial charge in [-0.25, -0.2) is 8.42 Å². The van der Waals surface area contributed by atoms with Crippen LogP contribution in [-0.2, 0) is 10.0 Å². The van der Waals surface area contributed by atoms with Crippen molar-refractivity contribution in [2.45, 2.75) is 18.1 Å². The lowest BCUT2D eigenvalue weighted by Crippen LogP contribution is -2.49. The van der Waals surface area contributed by atoms with Gasteiger partial charge >= 0.3 is 0 Å². The third kappa shape index (κ3) is 2.62. The smallest absolute Gasteiger partial charge is 0.217 e. The molecule has 1 aromatic carbocycles. The van der Waals surface area contributed by atoms with Gasteiger partial charge in [-0.2, -0.15) is 4.31 Å². The van der Waals surface area contributed by atoms with Crippen molar-refractivity contribution >= 4 is 15.7 Å². The van der Waals surface area contributed by atoms with Crippen molar-refractivity contribution < 1.29 is 13.2 Å². The van der Waals surface area contributed by atoms with Crippen LogP contribution in [0.3, 0.4) is 0 Å². The van der Waals surface area contributed by atoms with Gasteiger partial charge in [0.1, 0.15) is 5.75 Å². The second-order valence-electron chi connectivity index (χ2n) is 5.33. The first kappa shape index (κ1) is 13.7. The lowest BCUT2D eigenvalue weighted by atomic mass is 10.2. The molecule has 1 heterocycles. The molecule has 0 bridgehead atoms. The number of piperazine rings is 1. The van der Waals surface area contributed by atoms with Crippen molar-refractivity contribution in [2.75, 3.05) is 38.2 Å². The van der Waals surface area contributed by atoms with Crippen LogP contribution in [0.15, 0.2) is 24.3 Å². The Morgan fingerprint density at radius 1 is 1.05 bits per heavy atom. The van der Waals surface area contributed by atoms with Crippen molar-refractivity contribution in [1.82, 2.24) is 4.31 Å². The summed E-state index contributed by atoms with van der Waals surface area (Å²) >= 11 is 0. The van der Waals surface area contributed by atoms with Crippen molar-refractivity contribution in [3.8, 4) is 5.75 Å². The van der Waals surface area contributed by atoms with Gasteiger partial charge < -0.3 is 9.64 Å². The van der Waals surface area contributed by atoms with Crippen LogP contribution in [0.1, 0.15) is 12.8 Å². The Balaban J connectivity index is 1.63. The summed E-state index contributed by atoms with van der Waals surface area (Å²) in [4.78, 5) is 2.22. The van der Waals surface area contributed by atoms with E-state index in [4.69, 9.17) is 4.74 Å². The van der Waals surface area contributed by atoms with Gasteiger partial charge in [0.05, 0.1) is 12.4 Å². The number of anilines is 1. The molecule has 2 aliphatic rings. The summed E-state index contributed by atoms with van der Waals surface area (Å²) in [6.07, 6.45) is 1.67. The summed E-state index contributed by atoms with van der Waals surface area (Å²) in [6.45, 7) is 2.67. The SMILES string of the molecule is COc1ccc(N2CCN(S(=O)(=O)C3CC3)CC2)cc1. The van der Waals surface area contributed by atoms with E-state index >= 15 is 0 Å². The highest BCUT2D eigenvalue weighted by atomic mass is 32.2. The van der Waals surface area contributed by atoms with E-state index in [0.717, 1.165) is 37.4 Å². The fourth-order valence-electron chi connectivity index (χ4n) is 2.57. The molecule has 2 fully saturated rings. The van der Waals surface area contributed by atoms with Crippen LogP contribution in [0.4, 0.5) is 5.69 Å². The normalized spacial score (nSPS) is 20.9. The van der Waals surface area contributed by atoms with Gasteiger partial charge in [0.25, 0.3) is 0 Å². The minimum absolute atomic E-state index is 0.102. The summed E-state index contributed by atoms with van der Waals surface area (Å²) in [5.74, 6) is 0.837. The quantitative estimate of drug-likeness (QED) is 0.840. The van der Waals surface area contributed by atoms with Gasteiger partial charge in [-0.3, -0.25) is 0 Å². The molecule has 0 unspecified atom stereocenters. The van der Waals surface area contributed by atoms with Crippen molar-refractivity contribution in [2.24, 2.45) is 0 Å². The lowest BCUT2D eigenvalue weighted by Gasteiger charge is -2.35. The standard InChI is InChI=1S/C14H20N2O3S/c1-19-13-4-2-12(3-5-13)15-8-10-16(11-9-15)20(17,18)14-6-7-14/h2-5,14H,6-11H2,1H3. The minimum atomic E-state index is -3.02. The van der Waals surface area contributed by atoms with E-state index in [-0.39, 0.29) is 5.25 Å². The Morgan fingerprint density at radius 2 is 1.65 bits per heavy atom. The maximum absolute atomic E-state index is 12.2. The van der Waals surface area contributed by atoms with Crippen LogP contribution in [0.25, 0.3) is 0 Å². The Kier molecular flexibility index (Phi) is 3.60. The topological polar surface area (TPSA) is 49.9 Å². The summed E-state index contributed by atoms with van der Waals surface area (Å²) in [6, 6.07) is 7.90. The van der Waals surface area contributed by atoms with Crippen LogP contribution in [0.5, 0.6) is 5.75 Å². The number of hydrogen-bond donors (Lipinski definition) is 0. The molecule has 0 N–H and O–H groups in total. The third-order valence-corrected chi connectivity index (χ3v) is 6.38. The molecular formula is C14H20N2O3S. The van der Waals surface area contributed by atoms with E-state index in [2.05, 4.69) is 4.90 Å². The molecule has 0 amide bonds. The van der Waals surface area contributed by atoms with Gasteiger partial charge in [-0.05, 0) is 37.1 Å². The van der Waals surface area contributed by atoms with Crippen LogP contribution in [0, 0.1) is 0 Å². The molecule has 5 nitrogen and oxygen atoms in total. The Hall–Kier alpha value is -1.27. The summed E-state index contributed by atoms with van der Waals surface area (Å²) in [5, 5.41) is -0.102. The Morgan fingerprint density at radius 3 is 2.15 bits per heavy atom. The van der Waals surface area contributed by atoms with Crippen molar-refractivity contribution in [1.29, 1.82) is 0 Å². The number of sulfonamides is 1. The Bertz CT molecular complexity index is 559. The zero-order valence-corrected chi connectivity index (χ0v) is 12.5. The van der Waals surface area contributed by atoms with Gasteiger partial charge in [0.2, 0.25) is 10.0 Å². The molecule has 1 aliphatic carbocycles. The Labute approximate surface area is 120 Å². The van der Waals surface area contributed by atoms with E-state index in [0.29, 0.717) is 13.1 Å². The average molecular weight is 296 g/mol. The van der Waals surface area contributed by atoms with Gasteiger partial charge in [0, 0.05) is 31.9 Å². The molecule has 0 radical (unpaired) electrons. The van der Waals surface area contributed by atoms with E-state index < -0.39 is 10.0 Å². The highest BCUT2D eigenvalue weighted by Gasteiger charge is 2.40. The van der Waals surface area contributed by atoms with Crippen LogP contribution < -0.4 is 9.64 Å². The number of methoxy groups -OCH3 is 1. The molecule has 1 saturated carbocycles. The molecule has 1 saturated heterocycles. The fourth-order valence-corrected chi connectivity index (χ4v) is 4.40. The zero-order chi connectivity index (χ0) is 14.2. The number of hydrogen-bond acceptors (Lipinski definition) is 4. The van der Waals surface area contributed by atoms with Crippen LogP contribution in [-0.4, -0.2) is 51.3 Å². The molecule has 110 valence electrons. The summed E-state index contributed by atoms with van der Waals surface area (Å²) < 4.78 is 31.1. The van der Waals surface area contributed by atoms with E-state index in [9.17, 15) is 8.42 Å². The molecule has 0 spiro atoms. The minimum Gasteiger partial charge on any atom is -0.497 e. The molecule has 0 aromatic heterocycles. The fraction of sp³-hybridized carbons (Fsp3) is 0.571. The van der Waals surface area contributed by atoms with E-state index in [1.165, 1.54) is 0 Å². The summed E-state index contributed by atoms with van der Waals surface area (Å²) in [7, 11) is -1.37. The van der Waals surface area contributed by atoms with E-state index in [1.54, 1.807) is 11.4 Å². The van der Waals surface area contributed by atoms with Gasteiger partial charge in [0.15, 0.2) is 0 Å². The third-order valence-electron chi connectivity index (χ3n) is 3.98. The van der Waals surface area contributed by atoms with E-state index in [1.807, 2.05) is 24.3 Å². The molecule has 1 aromatic rings. The van der Waals surface area contributed by atoms with Crippen LogP contribution >= 0.6 is 0 Å². The largest absolute Gasteiger partial charge is 0.497 e. The maximum atomic E-state index is 12.2. The lowest BCUT2D eigenvalue weighted by molar-refractivity contribution is 0.384. The molecule has 3 rings (SSSR count). The van der Waals surface area contributed by atoms with Gasteiger partial charge in [-0.15, -0.1) is 0 Å². The second kappa shape index (κ2) is 5.26. The monoisotopic (exact) mass is 296 g/mol. The molecule has 20 heavy (non-hydrogen) atoms. The summed E-state index contributed by atoms with van der Waals surface area (Å²) in [5.41, 5.74) is 1.12. The average Bonchev–Trinajstić information content (AvgIpc) is 3.33. The predicted molar refractivity (Wildman–Crippen MR) is 78.7 cm³/mol. The molecular weight excluding hydrogens is 276 g/mol. The van der Waals surface area contributed by atoms with Crippen molar-refractivity contribution in [3.63, 3.8) is 0 Å². The maximum Gasteiger partial charge on any atom is 0.217 e. The number of benzene rings is 1. The van der Waals surface area contributed by atoms with Crippen molar-refractivity contribution in [3.05, 3.63) is 24.3 Å². The predicted octanol–water partition coefficient (Wildman–Crippen LogP) is 1.31. The number of rotatable bonds is 4. The zero-order valence-electron chi connectivity index (χ0n) is 11.7. The highest BCUT2D eigenvalue weighted by molar-refractivity contribution is 7.90. The van der Waals surface area contributed by atoms with Gasteiger partial charge in [-0.1, -0.05) is 0 Å². The number of ether oxygens (including phenoxy) is 1. The second-order valence-corrected chi connectivity index (χ2v) is 7.54. The first-order chi connectivity index (χ1) is 9.61. The first-order valence-corrected chi connectivity index (χ1v) is 8.49. The molecule has 1 aliphatic heterocycles. The highest BCUT2D eigenvalue weighted by Crippen LogP contribution is 2.31. The molecule has 6 heteroatoms. The number of nitrogens with zero attached hydrogens (tertiary/aromatic N) is 2. The molecule has 0 atom stereocenters. The first-order valence-electron chi connectivity index (χ1n) is 6.99. The van der Waals surface area contributed by atoms with Crippen LogP contribution in [0.2, 0.25) is 0 Å².